The van der Waals surface area contributed by atoms with Crippen LogP contribution >= 0.6 is 0 Å². The van der Waals surface area contributed by atoms with Gasteiger partial charge in [-0.25, -0.2) is 4.98 Å². The summed E-state index contributed by atoms with van der Waals surface area (Å²) in [6, 6.07) is 10.4. The highest BCUT2D eigenvalue weighted by atomic mass is 14.8. The van der Waals surface area contributed by atoms with Gasteiger partial charge < -0.3 is 4.98 Å². The standard InChI is InChI=1S/C12H10N2/c1-8-4-2-5-9-10-6-3-7-13-12(10)14-11(8)9/h2-7H,1H3,(H,13,14). The summed E-state index contributed by atoms with van der Waals surface area (Å²) in [4.78, 5) is 7.64. The molecule has 68 valence electrons. The lowest BCUT2D eigenvalue weighted by Crippen LogP contribution is -1.74. The molecule has 2 heterocycles. The van der Waals surface area contributed by atoms with Crippen molar-refractivity contribution in [2.45, 2.75) is 6.92 Å². The van der Waals surface area contributed by atoms with Crippen molar-refractivity contribution in [3.05, 3.63) is 42.1 Å². The highest BCUT2D eigenvalue weighted by Gasteiger charge is 2.04. The molecule has 0 saturated heterocycles. The molecule has 14 heavy (non-hydrogen) atoms. The molecule has 0 aliphatic heterocycles. The molecule has 3 aromatic rings. The summed E-state index contributed by atoms with van der Waals surface area (Å²) in [7, 11) is 0. The number of aromatic amines is 1. The van der Waals surface area contributed by atoms with E-state index in [1.54, 1.807) is 0 Å². The Balaban J connectivity index is 2.63. The van der Waals surface area contributed by atoms with Gasteiger partial charge in [0.1, 0.15) is 5.65 Å². The molecular formula is C12H10N2. The van der Waals surface area contributed by atoms with Gasteiger partial charge in [-0.1, -0.05) is 18.2 Å². The first kappa shape index (κ1) is 7.56. The number of nitrogens with zero attached hydrogens (tertiary/aromatic N) is 1. The van der Waals surface area contributed by atoms with E-state index in [1.807, 2.05) is 12.3 Å². The van der Waals surface area contributed by atoms with Crippen molar-refractivity contribution < 1.29 is 0 Å². The molecule has 3 rings (SSSR count). The van der Waals surface area contributed by atoms with Crippen LogP contribution in [0.25, 0.3) is 21.9 Å². The van der Waals surface area contributed by atoms with Gasteiger partial charge in [-0.15, -0.1) is 0 Å². The summed E-state index contributed by atoms with van der Waals surface area (Å²) < 4.78 is 0. The Morgan fingerprint density at radius 1 is 1.07 bits per heavy atom. The minimum absolute atomic E-state index is 0.969. The van der Waals surface area contributed by atoms with E-state index in [2.05, 4.69) is 41.2 Å². The zero-order valence-corrected chi connectivity index (χ0v) is 7.91. The second-order valence-corrected chi connectivity index (χ2v) is 3.52. The molecule has 0 spiro atoms. The Bertz CT molecular complexity index is 608. The van der Waals surface area contributed by atoms with Crippen molar-refractivity contribution in [1.82, 2.24) is 9.97 Å². The molecule has 1 aromatic carbocycles. The molecule has 0 aliphatic carbocycles. The van der Waals surface area contributed by atoms with Crippen molar-refractivity contribution in [2.75, 3.05) is 0 Å². The lowest BCUT2D eigenvalue weighted by molar-refractivity contribution is 1.34. The van der Waals surface area contributed by atoms with Crippen molar-refractivity contribution in [3.8, 4) is 0 Å². The summed E-state index contributed by atoms with van der Waals surface area (Å²) in [5.74, 6) is 0. The number of aromatic nitrogens is 2. The zero-order valence-electron chi connectivity index (χ0n) is 7.91. The van der Waals surface area contributed by atoms with Gasteiger partial charge in [0.15, 0.2) is 0 Å². The minimum Gasteiger partial charge on any atom is -0.339 e. The summed E-state index contributed by atoms with van der Waals surface area (Å²) in [6.07, 6.45) is 1.81. The number of nitrogens with one attached hydrogen (secondary N) is 1. The zero-order chi connectivity index (χ0) is 9.54. The van der Waals surface area contributed by atoms with Gasteiger partial charge in [0.2, 0.25) is 0 Å². The summed E-state index contributed by atoms with van der Waals surface area (Å²) in [5, 5.41) is 2.46. The minimum atomic E-state index is 0.969. The van der Waals surface area contributed by atoms with E-state index < -0.39 is 0 Å². The number of rotatable bonds is 0. The lowest BCUT2D eigenvalue weighted by Gasteiger charge is -1.93. The number of aryl methyl sites for hydroxylation is 1. The maximum Gasteiger partial charge on any atom is 0.138 e. The molecule has 2 aromatic heterocycles. The summed E-state index contributed by atoms with van der Waals surface area (Å²) >= 11 is 0. The van der Waals surface area contributed by atoms with E-state index >= 15 is 0 Å². The van der Waals surface area contributed by atoms with E-state index in [0.29, 0.717) is 0 Å². The van der Waals surface area contributed by atoms with E-state index in [9.17, 15) is 0 Å². The van der Waals surface area contributed by atoms with Crippen LogP contribution in [-0.2, 0) is 0 Å². The molecule has 0 atom stereocenters. The first-order valence-electron chi connectivity index (χ1n) is 4.68. The Morgan fingerprint density at radius 2 is 1.93 bits per heavy atom. The SMILES string of the molecule is Cc1cccc2c1[nH]c1ncccc12. The molecule has 0 fully saturated rings. The molecule has 0 bridgehead atoms. The number of hydrogen-bond donors (Lipinski definition) is 1. The van der Waals surface area contributed by atoms with Gasteiger partial charge in [0.25, 0.3) is 0 Å². The fraction of sp³-hybridized carbons (Fsp3) is 0.0833. The lowest BCUT2D eigenvalue weighted by atomic mass is 10.1. The fourth-order valence-electron chi connectivity index (χ4n) is 1.90. The Hall–Kier alpha value is -1.83. The molecule has 1 N–H and O–H groups in total. The van der Waals surface area contributed by atoms with Crippen LogP contribution in [0, 0.1) is 6.92 Å². The van der Waals surface area contributed by atoms with E-state index in [4.69, 9.17) is 0 Å². The van der Waals surface area contributed by atoms with Gasteiger partial charge in [-0.2, -0.15) is 0 Å². The van der Waals surface area contributed by atoms with Crippen molar-refractivity contribution >= 4 is 21.9 Å². The maximum absolute atomic E-state index is 4.30. The number of hydrogen-bond acceptors (Lipinski definition) is 1. The quantitative estimate of drug-likeness (QED) is 0.568. The smallest absolute Gasteiger partial charge is 0.138 e. The number of fused-ring (bicyclic) bond motifs is 3. The normalized spacial score (nSPS) is 11.2. The second-order valence-electron chi connectivity index (χ2n) is 3.52. The highest BCUT2D eigenvalue weighted by molar-refractivity contribution is 6.06. The van der Waals surface area contributed by atoms with Crippen LogP contribution in [0.1, 0.15) is 5.56 Å². The first-order chi connectivity index (χ1) is 6.86. The fourth-order valence-corrected chi connectivity index (χ4v) is 1.90. The van der Waals surface area contributed by atoms with E-state index in [1.165, 1.54) is 21.9 Å². The van der Waals surface area contributed by atoms with Crippen LogP contribution in [0.2, 0.25) is 0 Å². The van der Waals surface area contributed by atoms with Crippen molar-refractivity contribution in [1.29, 1.82) is 0 Å². The van der Waals surface area contributed by atoms with Gasteiger partial charge in [-0.3, -0.25) is 0 Å². The predicted octanol–water partition coefficient (Wildman–Crippen LogP) is 3.02. The van der Waals surface area contributed by atoms with Gasteiger partial charge in [0, 0.05) is 17.0 Å². The van der Waals surface area contributed by atoms with Gasteiger partial charge in [-0.05, 0) is 24.6 Å². The largest absolute Gasteiger partial charge is 0.339 e. The summed E-state index contributed by atoms with van der Waals surface area (Å²) in [5.41, 5.74) is 3.43. The predicted molar refractivity (Wildman–Crippen MR) is 58.3 cm³/mol. The number of H-pyrrole nitrogens is 1. The molecule has 0 unspecified atom stereocenters. The Kier molecular flexibility index (Phi) is 1.39. The van der Waals surface area contributed by atoms with Gasteiger partial charge >= 0.3 is 0 Å². The highest BCUT2D eigenvalue weighted by Crippen LogP contribution is 2.25. The van der Waals surface area contributed by atoms with Crippen LogP contribution in [0.3, 0.4) is 0 Å². The van der Waals surface area contributed by atoms with Gasteiger partial charge in [0.05, 0.1) is 5.52 Å². The van der Waals surface area contributed by atoms with Crippen LogP contribution in [0.5, 0.6) is 0 Å². The molecule has 0 amide bonds. The van der Waals surface area contributed by atoms with Crippen LogP contribution in [0.15, 0.2) is 36.5 Å². The van der Waals surface area contributed by atoms with Crippen LogP contribution < -0.4 is 0 Å². The molecule has 0 aliphatic rings. The third-order valence-corrected chi connectivity index (χ3v) is 2.61. The molecular weight excluding hydrogens is 172 g/mol. The molecule has 2 nitrogen and oxygen atoms in total. The Morgan fingerprint density at radius 3 is 2.86 bits per heavy atom. The van der Waals surface area contributed by atoms with Crippen LogP contribution in [-0.4, -0.2) is 9.97 Å². The van der Waals surface area contributed by atoms with Crippen LogP contribution in [0.4, 0.5) is 0 Å². The average molecular weight is 182 g/mol. The third-order valence-electron chi connectivity index (χ3n) is 2.61. The maximum atomic E-state index is 4.30. The monoisotopic (exact) mass is 182 g/mol. The number of benzene rings is 1. The van der Waals surface area contributed by atoms with E-state index in [-0.39, 0.29) is 0 Å². The Labute approximate surface area is 81.6 Å². The summed E-state index contributed by atoms with van der Waals surface area (Å²) in [6.45, 7) is 2.11. The second kappa shape index (κ2) is 2.58. The topological polar surface area (TPSA) is 28.7 Å². The van der Waals surface area contributed by atoms with Crippen molar-refractivity contribution in [2.24, 2.45) is 0 Å². The molecule has 0 saturated carbocycles. The average Bonchev–Trinajstić information content (AvgIpc) is 2.59. The third kappa shape index (κ3) is 0.880. The molecule has 0 radical (unpaired) electrons. The van der Waals surface area contributed by atoms with Crippen molar-refractivity contribution in [3.63, 3.8) is 0 Å². The number of pyridine rings is 1. The van der Waals surface area contributed by atoms with E-state index in [0.717, 1.165) is 5.65 Å². The number of para-hydroxylation sites is 1. The first-order valence-corrected chi connectivity index (χ1v) is 4.68. The molecule has 2 heteroatoms.